The second kappa shape index (κ2) is 10.4. The predicted octanol–water partition coefficient (Wildman–Crippen LogP) is 7.38. The van der Waals surface area contributed by atoms with Gasteiger partial charge in [0, 0.05) is 0 Å². The van der Waals surface area contributed by atoms with E-state index in [2.05, 4.69) is 13.0 Å². The molecule has 0 aromatic heterocycles. The Morgan fingerprint density at radius 2 is 1.62 bits per heavy atom. The number of nitriles is 1. The summed E-state index contributed by atoms with van der Waals surface area (Å²) in [5, 5.41) is 9.07. The highest BCUT2D eigenvalue weighted by atomic mass is 19.1. The number of unbranched alkanes of at least 4 members (excludes halogenated alkanes) is 4. The SMILES string of the molecule is CCCCCCCOc1ccc(-c2cccc(F)c2)c(-c2ccc(C#N)cc2)c1. The Kier molecular flexibility index (Phi) is 7.41. The minimum Gasteiger partial charge on any atom is -0.494 e. The first-order valence-electron chi connectivity index (χ1n) is 10.2. The van der Waals surface area contributed by atoms with Crippen LogP contribution < -0.4 is 4.74 Å². The van der Waals surface area contributed by atoms with Gasteiger partial charge in [0.25, 0.3) is 0 Å². The highest BCUT2D eigenvalue weighted by Gasteiger charge is 2.11. The second-order valence-electron chi connectivity index (χ2n) is 7.17. The fraction of sp³-hybridized carbons (Fsp3) is 0.269. The van der Waals surface area contributed by atoms with Crippen LogP contribution in [0.4, 0.5) is 4.39 Å². The van der Waals surface area contributed by atoms with E-state index >= 15 is 0 Å². The molecule has 0 aliphatic carbocycles. The molecule has 2 nitrogen and oxygen atoms in total. The second-order valence-corrected chi connectivity index (χ2v) is 7.17. The standard InChI is InChI=1S/C26H26FNO/c1-2-3-4-5-6-16-29-24-14-15-25(22-8-7-9-23(27)17-22)26(18-24)21-12-10-20(19-28)11-13-21/h7-15,17-18H,2-6,16H2,1H3. The largest absolute Gasteiger partial charge is 0.494 e. The maximum Gasteiger partial charge on any atom is 0.123 e. The first kappa shape index (κ1) is 20.6. The zero-order chi connectivity index (χ0) is 20.5. The maximum absolute atomic E-state index is 13.8. The molecule has 0 saturated heterocycles. The first-order valence-corrected chi connectivity index (χ1v) is 10.2. The van der Waals surface area contributed by atoms with Gasteiger partial charge in [-0.3, -0.25) is 0 Å². The Labute approximate surface area is 172 Å². The number of hydrogen-bond donors (Lipinski definition) is 0. The molecule has 3 aromatic rings. The van der Waals surface area contributed by atoms with Crippen LogP contribution in [0.15, 0.2) is 66.7 Å². The number of benzene rings is 3. The van der Waals surface area contributed by atoms with Crippen molar-refractivity contribution in [2.45, 2.75) is 39.0 Å². The Bertz CT molecular complexity index is 973. The quantitative estimate of drug-likeness (QED) is 0.359. The molecule has 0 N–H and O–H groups in total. The number of rotatable bonds is 9. The van der Waals surface area contributed by atoms with Crippen LogP contribution in [0.2, 0.25) is 0 Å². The molecule has 148 valence electrons. The average molecular weight is 387 g/mol. The van der Waals surface area contributed by atoms with Gasteiger partial charge < -0.3 is 4.74 Å². The lowest BCUT2D eigenvalue weighted by molar-refractivity contribution is 0.304. The van der Waals surface area contributed by atoms with E-state index in [9.17, 15) is 4.39 Å². The monoisotopic (exact) mass is 387 g/mol. The van der Waals surface area contributed by atoms with Gasteiger partial charge in [0.15, 0.2) is 0 Å². The van der Waals surface area contributed by atoms with Crippen molar-refractivity contribution in [3.8, 4) is 34.1 Å². The van der Waals surface area contributed by atoms with Crippen molar-refractivity contribution in [1.82, 2.24) is 0 Å². The fourth-order valence-corrected chi connectivity index (χ4v) is 3.38. The van der Waals surface area contributed by atoms with Gasteiger partial charge in [0.2, 0.25) is 0 Å². The number of halogens is 1. The van der Waals surface area contributed by atoms with Gasteiger partial charge in [0.1, 0.15) is 11.6 Å². The van der Waals surface area contributed by atoms with Crippen molar-refractivity contribution in [1.29, 1.82) is 5.26 Å². The molecule has 0 unspecified atom stereocenters. The van der Waals surface area contributed by atoms with E-state index in [1.165, 1.54) is 37.8 Å². The molecule has 0 heterocycles. The lowest BCUT2D eigenvalue weighted by Crippen LogP contribution is -1.98. The third-order valence-electron chi connectivity index (χ3n) is 4.97. The van der Waals surface area contributed by atoms with Gasteiger partial charge in [-0.15, -0.1) is 0 Å². The summed E-state index contributed by atoms with van der Waals surface area (Å²) in [4.78, 5) is 0. The molecule has 0 aliphatic rings. The Morgan fingerprint density at radius 1 is 0.828 bits per heavy atom. The highest BCUT2D eigenvalue weighted by molar-refractivity contribution is 5.84. The van der Waals surface area contributed by atoms with Gasteiger partial charge in [-0.25, -0.2) is 4.39 Å². The highest BCUT2D eigenvalue weighted by Crippen LogP contribution is 2.35. The van der Waals surface area contributed by atoms with Gasteiger partial charge in [-0.2, -0.15) is 5.26 Å². The minimum atomic E-state index is -0.263. The Morgan fingerprint density at radius 3 is 2.34 bits per heavy atom. The number of hydrogen-bond acceptors (Lipinski definition) is 2. The number of nitrogens with zero attached hydrogens (tertiary/aromatic N) is 1. The Hall–Kier alpha value is -3.12. The summed E-state index contributed by atoms with van der Waals surface area (Å²) in [5.41, 5.74) is 4.29. The van der Waals surface area contributed by atoms with Crippen molar-refractivity contribution >= 4 is 0 Å². The lowest BCUT2D eigenvalue weighted by atomic mass is 9.94. The molecule has 3 aromatic carbocycles. The molecule has 0 saturated carbocycles. The van der Waals surface area contributed by atoms with Gasteiger partial charge in [0.05, 0.1) is 18.2 Å². The molecule has 29 heavy (non-hydrogen) atoms. The average Bonchev–Trinajstić information content (AvgIpc) is 2.76. The van der Waals surface area contributed by atoms with E-state index in [-0.39, 0.29) is 5.82 Å². The number of ether oxygens (including phenoxy) is 1. The molecule has 0 fully saturated rings. The van der Waals surface area contributed by atoms with Crippen molar-refractivity contribution in [3.05, 3.63) is 78.1 Å². The zero-order valence-electron chi connectivity index (χ0n) is 16.8. The van der Waals surface area contributed by atoms with Crippen LogP contribution >= 0.6 is 0 Å². The van der Waals surface area contributed by atoms with E-state index in [4.69, 9.17) is 10.00 Å². The lowest BCUT2D eigenvalue weighted by Gasteiger charge is -2.14. The van der Waals surface area contributed by atoms with Crippen LogP contribution in [0.1, 0.15) is 44.6 Å². The van der Waals surface area contributed by atoms with Crippen LogP contribution in [0.3, 0.4) is 0 Å². The van der Waals surface area contributed by atoms with Crippen LogP contribution in [-0.2, 0) is 0 Å². The summed E-state index contributed by atoms with van der Waals surface area (Å²) in [7, 11) is 0. The Balaban J connectivity index is 1.87. The fourth-order valence-electron chi connectivity index (χ4n) is 3.38. The molecule has 3 rings (SSSR count). The van der Waals surface area contributed by atoms with Crippen molar-refractivity contribution in [3.63, 3.8) is 0 Å². The summed E-state index contributed by atoms with van der Waals surface area (Å²) in [6.45, 7) is 2.90. The first-order chi connectivity index (χ1) is 14.2. The summed E-state index contributed by atoms with van der Waals surface area (Å²) in [5.74, 6) is 0.542. The summed E-state index contributed by atoms with van der Waals surface area (Å²) in [6, 6.07) is 22.1. The van der Waals surface area contributed by atoms with E-state index in [1.807, 2.05) is 36.4 Å². The molecular weight excluding hydrogens is 361 g/mol. The third-order valence-corrected chi connectivity index (χ3v) is 4.97. The molecule has 0 radical (unpaired) electrons. The summed E-state index contributed by atoms with van der Waals surface area (Å²) in [6.07, 6.45) is 5.96. The molecule has 0 spiro atoms. The van der Waals surface area contributed by atoms with E-state index in [0.717, 1.165) is 34.4 Å². The molecular formula is C26H26FNO. The van der Waals surface area contributed by atoms with E-state index < -0.39 is 0 Å². The molecule has 0 aliphatic heterocycles. The van der Waals surface area contributed by atoms with E-state index in [1.54, 1.807) is 18.2 Å². The molecule has 0 amide bonds. The topological polar surface area (TPSA) is 33.0 Å². The normalized spacial score (nSPS) is 10.5. The van der Waals surface area contributed by atoms with Crippen molar-refractivity contribution < 1.29 is 9.13 Å². The molecule has 0 atom stereocenters. The summed E-state index contributed by atoms with van der Waals surface area (Å²) >= 11 is 0. The van der Waals surface area contributed by atoms with E-state index in [0.29, 0.717) is 12.2 Å². The zero-order valence-corrected chi connectivity index (χ0v) is 16.8. The third kappa shape index (κ3) is 5.68. The van der Waals surface area contributed by atoms with Crippen LogP contribution in [0, 0.1) is 17.1 Å². The van der Waals surface area contributed by atoms with Crippen LogP contribution in [0.5, 0.6) is 5.75 Å². The van der Waals surface area contributed by atoms with Crippen LogP contribution in [0.25, 0.3) is 22.3 Å². The molecule has 3 heteroatoms. The molecule has 0 bridgehead atoms. The van der Waals surface area contributed by atoms with Crippen molar-refractivity contribution in [2.24, 2.45) is 0 Å². The smallest absolute Gasteiger partial charge is 0.123 e. The predicted molar refractivity (Wildman–Crippen MR) is 116 cm³/mol. The van der Waals surface area contributed by atoms with Gasteiger partial charge in [-0.1, -0.05) is 62.9 Å². The van der Waals surface area contributed by atoms with Gasteiger partial charge in [-0.05, 0) is 65.1 Å². The van der Waals surface area contributed by atoms with Crippen LogP contribution in [-0.4, -0.2) is 6.61 Å². The summed E-state index contributed by atoms with van der Waals surface area (Å²) < 4.78 is 19.8. The van der Waals surface area contributed by atoms with Gasteiger partial charge >= 0.3 is 0 Å². The van der Waals surface area contributed by atoms with Crippen molar-refractivity contribution in [2.75, 3.05) is 6.61 Å². The maximum atomic E-state index is 13.8. The minimum absolute atomic E-state index is 0.263.